The molecular formula is C21H16N2O4. The Balaban J connectivity index is 1.73. The maximum absolute atomic E-state index is 13.0. The lowest BCUT2D eigenvalue weighted by atomic mass is 10.00. The smallest absolute Gasteiger partial charge is 0.270 e. The first-order chi connectivity index (χ1) is 13.0. The second-order valence-corrected chi connectivity index (χ2v) is 6.38. The van der Waals surface area contributed by atoms with Gasteiger partial charge in [0.1, 0.15) is 5.75 Å². The Hall–Kier alpha value is -3.67. The van der Waals surface area contributed by atoms with Gasteiger partial charge in [0.15, 0.2) is 11.5 Å². The van der Waals surface area contributed by atoms with Crippen molar-refractivity contribution in [3.8, 4) is 11.5 Å². The van der Waals surface area contributed by atoms with Gasteiger partial charge in [-0.1, -0.05) is 35.9 Å². The molecule has 0 atom stereocenters. The highest BCUT2D eigenvalue weighted by molar-refractivity contribution is 6.13. The number of hydrogen-bond donors (Lipinski definition) is 1. The van der Waals surface area contributed by atoms with E-state index in [1.807, 2.05) is 19.1 Å². The second kappa shape index (κ2) is 6.57. The molecule has 0 fully saturated rings. The predicted molar refractivity (Wildman–Crippen MR) is 102 cm³/mol. The van der Waals surface area contributed by atoms with Gasteiger partial charge >= 0.3 is 0 Å². The molecule has 0 unspecified atom stereocenters. The molecule has 6 nitrogen and oxygen atoms in total. The normalized spacial score (nSPS) is 12.0. The highest BCUT2D eigenvalue weighted by Gasteiger charge is 2.22. The van der Waals surface area contributed by atoms with Crippen molar-refractivity contribution in [3.63, 3.8) is 0 Å². The summed E-state index contributed by atoms with van der Waals surface area (Å²) in [6, 6.07) is 17.1. The maximum atomic E-state index is 13.0. The topological polar surface area (TPSA) is 81.5 Å². The number of carbonyl (C=O) groups excluding carboxylic acids is 1. The molecule has 3 aromatic carbocycles. The fraction of sp³-hybridized carbons (Fsp3) is 0.0952. The Bertz CT molecular complexity index is 1060. The average molecular weight is 360 g/mol. The summed E-state index contributed by atoms with van der Waals surface area (Å²) >= 11 is 0. The summed E-state index contributed by atoms with van der Waals surface area (Å²) in [5.74, 6) is 0.937. The number of ether oxygens (including phenoxy) is 1. The third kappa shape index (κ3) is 3.13. The summed E-state index contributed by atoms with van der Waals surface area (Å²) in [7, 11) is 0. The van der Waals surface area contributed by atoms with Crippen LogP contribution in [0.2, 0.25) is 0 Å². The summed E-state index contributed by atoms with van der Waals surface area (Å²) in [4.78, 5) is 23.5. The Morgan fingerprint density at radius 3 is 2.59 bits per heavy atom. The molecule has 0 spiro atoms. The monoisotopic (exact) mass is 360 g/mol. The molecule has 0 amide bonds. The number of anilines is 1. The van der Waals surface area contributed by atoms with E-state index in [1.165, 1.54) is 12.1 Å². The predicted octanol–water partition coefficient (Wildman–Crippen LogP) is 4.85. The maximum Gasteiger partial charge on any atom is 0.270 e. The first-order valence-electron chi connectivity index (χ1n) is 8.46. The molecular weight excluding hydrogens is 344 g/mol. The number of non-ortho nitro benzene ring substituents is 1. The van der Waals surface area contributed by atoms with Crippen molar-refractivity contribution in [1.82, 2.24) is 0 Å². The first-order valence-corrected chi connectivity index (χ1v) is 8.46. The average Bonchev–Trinajstić information content (AvgIpc) is 2.86. The van der Waals surface area contributed by atoms with Crippen LogP contribution in [0, 0.1) is 17.0 Å². The minimum absolute atomic E-state index is 0.000983. The van der Waals surface area contributed by atoms with Crippen LogP contribution in [-0.4, -0.2) is 10.7 Å². The lowest BCUT2D eigenvalue weighted by Gasteiger charge is -2.12. The van der Waals surface area contributed by atoms with E-state index in [9.17, 15) is 14.9 Å². The fourth-order valence-corrected chi connectivity index (χ4v) is 3.07. The van der Waals surface area contributed by atoms with Crippen molar-refractivity contribution in [3.05, 3.63) is 93.0 Å². The van der Waals surface area contributed by atoms with Gasteiger partial charge < -0.3 is 10.1 Å². The molecule has 0 bridgehead atoms. The molecule has 134 valence electrons. The van der Waals surface area contributed by atoms with Crippen molar-refractivity contribution >= 4 is 17.2 Å². The number of nitrogens with zero attached hydrogens (tertiary/aromatic N) is 1. The zero-order valence-corrected chi connectivity index (χ0v) is 14.6. The fourth-order valence-electron chi connectivity index (χ4n) is 3.07. The number of rotatable bonds is 3. The molecule has 6 heteroatoms. The van der Waals surface area contributed by atoms with Gasteiger partial charge in [-0.3, -0.25) is 14.9 Å². The number of para-hydroxylation sites is 1. The molecule has 1 aliphatic heterocycles. The lowest BCUT2D eigenvalue weighted by molar-refractivity contribution is -0.384. The molecule has 4 rings (SSSR count). The zero-order valence-electron chi connectivity index (χ0n) is 14.6. The SMILES string of the molecule is Cc1ccc(C(=O)c2cccc3c2NCc2cc([N+](=O)[O-])ccc2O3)cc1. The number of aryl methyl sites for hydroxylation is 1. The van der Waals surface area contributed by atoms with Crippen LogP contribution in [0.25, 0.3) is 0 Å². The Morgan fingerprint density at radius 1 is 1.07 bits per heavy atom. The number of nitro groups is 1. The molecule has 1 aliphatic rings. The summed E-state index contributed by atoms with van der Waals surface area (Å²) in [5, 5.41) is 14.2. The van der Waals surface area contributed by atoms with Crippen LogP contribution in [0.4, 0.5) is 11.4 Å². The summed E-state index contributed by atoms with van der Waals surface area (Å²) < 4.78 is 5.95. The number of ketones is 1. The van der Waals surface area contributed by atoms with Gasteiger partial charge in [0, 0.05) is 35.4 Å². The van der Waals surface area contributed by atoms with Crippen LogP contribution in [0.1, 0.15) is 27.0 Å². The Morgan fingerprint density at radius 2 is 1.85 bits per heavy atom. The van der Waals surface area contributed by atoms with Gasteiger partial charge in [-0.05, 0) is 25.1 Å². The van der Waals surface area contributed by atoms with Gasteiger partial charge in [-0.2, -0.15) is 0 Å². The highest BCUT2D eigenvalue weighted by atomic mass is 16.6. The number of fused-ring (bicyclic) bond motifs is 2. The van der Waals surface area contributed by atoms with E-state index in [4.69, 9.17) is 4.74 Å². The van der Waals surface area contributed by atoms with Crippen LogP contribution < -0.4 is 10.1 Å². The van der Waals surface area contributed by atoms with Crippen LogP contribution in [0.3, 0.4) is 0 Å². The van der Waals surface area contributed by atoms with E-state index < -0.39 is 4.92 Å². The van der Waals surface area contributed by atoms with Gasteiger partial charge in [0.2, 0.25) is 0 Å². The van der Waals surface area contributed by atoms with Crippen molar-refractivity contribution in [2.45, 2.75) is 13.5 Å². The number of benzene rings is 3. The van der Waals surface area contributed by atoms with Crippen molar-refractivity contribution in [2.24, 2.45) is 0 Å². The first kappa shape index (κ1) is 16.8. The summed E-state index contributed by atoms with van der Waals surface area (Å²) in [6.07, 6.45) is 0. The number of carbonyl (C=O) groups is 1. The molecule has 0 aliphatic carbocycles. The van der Waals surface area contributed by atoms with Gasteiger partial charge in [-0.25, -0.2) is 0 Å². The van der Waals surface area contributed by atoms with E-state index in [1.54, 1.807) is 36.4 Å². The molecule has 0 saturated carbocycles. The Kier molecular flexibility index (Phi) is 4.08. The van der Waals surface area contributed by atoms with Gasteiger partial charge in [0.05, 0.1) is 10.6 Å². The quantitative estimate of drug-likeness (QED) is 0.410. The second-order valence-electron chi connectivity index (χ2n) is 6.38. The third-order valence-corrected chi connectivity index (χ3v) is 4.52. The van der Waals surface area contributed by atoms with E-state index in [0.29, 0.717) is 40.4 Å². The number of nitrogens with one attached hydrogen (secondary N) is 1. The molecule has 0 radical (unpaired) electrons. The van der Waals surface area contributed by atoms with Crippen LogP contribution in [0.15, 0.2) is 60.7 Å². The molecule has 0 aromatic heterocycles. The van der Waals surface area contributed by atoms with E-state index >= 15 is 0 Å². The van der Waals surface area contributed by atoms with Gasteiger partial charge in [-0.15, -0.1) is 0 Å². The highest BCUT2D eigenvalue weighted by Crippen LogP contribution is 2.39. The molecule has 3 aromatic rings. The minimum atomic E-state index is -0.440. The van der Waals surface area contributed by atoms with Crippen molar-refractivity contribution < 1.29 is 14.5 Å². The third-order valence-electron chi connectivity index (χ3n) is 4.52. The largest absolute Gasteiger partial charge is 0.455 e. The number of hydrogen-bond acceptors (Lipinski definition) is 5. The van der Waals surface area contributed by atoms with E-state index in [2.05, 4.69) is 5.32 Å². The minimum Gasteiger partial charge on any atom is -0.455 e. The van der Waals surface area contributed by atoms with E-state index in [0.717, 1.165) is 5.56 Å². The summed E-state index contributed by atoms with van der Waals surface area (Å²) in [5.41, 5.74) is 3.42. The van der Waals surface area contributed by atoms with Crippen molar-refractivity contribution in [1.29, 1.82) is 0 Å². The molecule has 27 heavy (non-hydrogen) atoms. The Labute approximate surface area is 155 Å². The lowest BCUT2D eigenvalue weighted by Crippen LogP contribution is -2.07. The van der Waals surface area contributed by atoms with Crippen molar-refractivity contribution in [2.75, 3.05) is 5.32 Å². The zero-order chi connectivity index (χ0) is 19.0. The molecule has 0 saturated heterocycles. The number of nitro benzene ring substituents is 1. The molecule has 1 heterocycles. The summed E-state index contributed by atoms with van der Waals surface area (Å²) in [6.45, 7) is 2.29. The van der Waals surface area contributed by atoms with Gasteiger partial charge in [0.25, 0.3) is 5.69 Å². The molecule has 1 N–H and O–H groups in total. The standard InChI is InChI=1S/C21H16N2O4/c1-13-5-7-14(8-6-13)21(24)17-3-2-4-19-20(17)22-12-15-11-16(23(25)26)9-10-18(15)27-19/h2-11,22H,12H2,1H3. The van der Waals surface area contributed by atoms with Crippen LogP contribution >= 0.6 is 0 Å². The van der Waals surface area contributed by atoms with Crippen LogP contribution in [-0.2, 0) is 6.54 Å². The van der Waals surface area contributed by atoms with E-state index in [-0.39, 0.29) is 11.5 Å². The van der Waals surface area contributed by atoms with Crippen LogP contribution in [0.5, 0.6) is 11.5 Å².